The van der Waals surface area contributed by atoms with Gasteiger partial charge in [0.25, 0.3) is 0 Å². The number of ether oxygens (including phenoxy) is 1. The van der Waals surface area contributed by atoms with Gasteiger partial charge in [-0.15, -0.1) is 0 Å². The molecule has 1 aromatic carbocycles. The van der Waals surface area contributed by atoms with Crippen molar-refractivity contribution in [3.8, 4) is 0 Å². The highest BCUT2D eigenvalue weighted by molar-refractivity contribution is 7.90. The molecule has 0 bridgehead atoms. The molecular formula is C21H35N3O4S. The van der Waals surface area contributed by atoms with Crippen molar-refractivity contribution in [1.29, 1.82) is 0 Å². The molecule has 1 amide bonds. The number of anilines is 2. The number of sulfonamides is 1. The summed E-state index contributed by atoms with van der Waals surface area (Å²) in [5.74, 6) is -0.0648. The Morgan fingerprint density at radius 1 is 1.10 bits per heavy atom. The zero-order chi connectivity index (χ0) is 21.7. The van der Waals surface area contributed by atoms with Crippen LogP contribution in [0.1, 0.15) is 53.9 Å². The van der Waals surface area contributed by atoms with Crippen molar-refractivity contribution < 1.29 is 17.9 Å². The van der Waals surface area contributed by atoms with Gasteiger partial charge >= 0.3 is 0 Å². The molecule has 29 heavy (non-hydrogen) atoms. The van der Waals surface area contributed by atoms with Gasteiger partial charge in [-0.25, -0.2) is 13.1 Å². The highest BCUT2D eigenvalue weighted by Gasteiger charge is 2.28. The monoisotopic (exact) mass is 425 g/mol. The number of amides is 1. The summed E-state index contributed by atoms with van der Waals surface area (Å²) in [7, 11) is -3.33. The first-order chi connectivity index (χ1) is 13.5. The molecule has 0 spiro atoms. The Kier molecular flexibility index (Phi) is 8.08. The number of hydrogen-bond acceptors (Lipinski definition) is 5. The van der Waals surface area contributed by atoms with E-state index in [4.69, 9.17) is 4.74 Å². The maximum absolute atomic E-state index is 12.1. The molecule has 1 aromatic rings. The number of benzene rings is 1. The molecule has 7 nitrogen and oxygen atoms in total. The maximum atomic E-state index is 12.1. The van der Waals surface area contributed by atoms with E-state index in [0.717, 1.165) is 24.5 Å². The summed E-state index contributed by atoms with van der Waals surface area (Å²) in [6.45, 7) is 11.2. The van der Waals surface area contributed by atoms with Crippen LogP contribution in [0.15, 0.2) is 24.3 Å². The molecule has 0 aromatic heterocycles. The summed E-state index contributed by atoms with van der Waals surface area (Å²) >= 11 is 0. The lowest BCUT2D eigenvalue weighted by molar-refractivity contribution is -0.116. The van der Waals surface area contributed by atoms with Gasteiger partial charge in [-0.05, 0) is 71.7 Å². The Morgan fingerprint density at radius 2 is 1.69 bits per heavy atom. The van der Waals surface area contributed by atoms with Crippen LogP contribution in [0.25, 0.3) is 0 Å². The van der Waals surface area contributed by atoms with Crippen molar-refractivity contribution in [3.05, 3.63) is 24.3 Å². The van der Waals surface area contributed by atoms with E-state index in [1.807, 2.05) is 24.3 Å². The molecule has 1 aliphatic heterocycles. The number of nitrogens with one attached hydrogen (secondary N) is 2. The fourth-order valence-corrected chi connectivity index (χ4v) is 4.05. The molecule has 1 fully saturated rings. The van der Waals surface area contributed by atoms with E-state index < -0.39 is 14.8 Å². The lowest BCUT2D eigenvalue weighted by atomic mass is 10.2. The normalized spacial score (nSPS) is 20.5. The van der Waals surface area contributed by atoms with Crippen molar-refractivity contribution >= 4 is 27.3 Å². The third kappa shape index (κ3) is 7.28. The van der Waals surface area contributed by atoms with Crippen molar-refractivity contribution in [3.63, 3.8) is 0 Å². The average molecular weight is 426 g/mol. The van der Waals surface area contributed by atoms with Gasteiger partial charge in [0.15, 0.2) is 0 Å². The second-order valence-corrected chi connectivity index (χ2v) is 11.2. The number of rotatable bonds is 8. The van der Waals surface area contributed by atoms with Crippen LogP contribution >= 0.6 is 0 Å². The number of nitrogens with zero attached hydrogens (tertiary/aromatic N) is 1. The number of hydrogen-bond donors (Lipinski definition) is 2. The van der Waals surface area contributed by atoms with Crippen LogP contribution in [0.3, 0.4) is 0 Å². The van der Waals surface area contributed by atoms with Gasteiger partial charge in [-0.1, -0.05) is 0 Å². The van der Waals surface area contributed by atoms with Crippen LogP contribution in [-0.4, -0.2) is 50.9 Å². The quantitative estimate of drug-likeness (QED) is 0.625. The summed E-state index contributed by atoms with van der Waals surface area (Å²) in [5, 5.41) is 2.90. The first-order valence-corrected chi connectivity index (χ1v) is 11.8. The molecule has 1 aliphatic rings. The summed E-state index contributed by atoms with van der Waals surface area (Å²) in [4.78, 5) is 14.4. The molecule has 0 unspecified atom stereocenters. The Labute approximate surface area is 175 Å². The van der Waals surface area contributed by atoms with Crippen LogP contribution in [0, 0.1) is 0 Å². The zero-order valence-electron chi connectivity index (χ0n) is 18.2. The van der Waals surface area contributed by atoms with E-state index in [0.29, 0.717) is 25.8 Å². The van der Waals surface area contributed by atoms with Crippen molar-refractivity contribution in [2.45, 2.75) is 70.8 Å². The fraction of sp³-hybridized carbons (Fsp3) is 0.667. The van der Waals surface area contributed by atoms with E-state index in [9.17, 15) is 13.2 Å². The first kappa shape index (κ1) is 23.6. The van der Waals surface area contributed by atoms with Gasteiger partial charge in [-0.2, -0.15) is 0 Å². The molecule has 1 saturated heterocycles. The van der Waals surface area contributed by atoms with Gasteiger partial charge in [0, 0.05) is 37.4 Å². The van der Waals surface area contributed by atoms with Gasteiger partial charge in [-0.3, -0.25) is 4.79 Å². The van der Waals surface area contributed by atoms with Crippen LogP contribution < -0.4 is 14.9 Å². The molecule has 164 valence electrons. The second kappa shape index (κ2) is 9.91. The largest absolute Gasteiger partial charge is 0.372 e. The predicted octanol–water partition coefficient (Wildman–Crippen LogP) is 3.13. The van der Waals surface area contributed by atoms with E-state index in [1.165, 1.54) is 0 Å². The third-order valence-corrected chi connectivity index (χ3v) is 7.06. The highest BCUT2D eigenvalue weighted by Crippen LogP contribution is 2.22. The highest BCUT2D eigenvalue weighted by atomic mass is 32.2. The minimum Gasteiger partial charge on any atom is -0.372 e. The summed E-state index contributed by atoms with van der Waals surface area (Å²) in [6.07, 6.45) is 2.00. The summed E-state index contributed by atoms with van der Waals surface area (Å²) in [6, 6.07) is 7.86. The third-order valence-electron chi connectivity index (χ3n) is 4.86. The van der Waals surface area contributed by atoms with Gasteiger partial charge in [0.05, 0.1) is 17.0 Å². The predicted molar refractivity (Wildman–Crippen MR) is 118 cm³/mol. The molecule has 2 N–H and O–H groups in total. The Hall–Kier alpha value is -1.64. The van der Waals surface area contributed by atoms with E-state index in [2.05, 4.69) is 28.8 Å². The van der Waals surface area contributed by atoms with E-state index in [1.54, 1.807) is 20.8 Å². The lowest BCUT2D eigenvalue weighted by Gasteiger charge is -2.36. The molecule has 0 aliphatic carbocycles. The van der Waals surface area contributed by atoms with Crippen LogP contribution in [0.5, 0.6) is 0 Å². The molecule has 0 radical (unpaired) electrons. The molecule has 1 heterocycles. The van der Waals surface area contributed by atoms with Crippen LogP contribution in [0.2, 0.25) is 0 Å². The van der Waals surface area contributed by atoms with Crippen molar-refractivity contribution in [2.24, 2.45) is 0 Å². The fourth-order valence-electron chi connectivity index (χ4n) is 3.20. The molecular weight excluding hydrogens is 390 g/mol. The average Bonchev–Trinajstić information content (AvgIpc) is 2.60. The SMILES string of the molecule is C[C@@H]1CN(c2ccc(NC(=O)CCCCNS(=O)(=O)C(C)(C)C)cc2)C[C@H](C)O1. The Morgan fingerprint density at radius 3 is 2.24 bits per heavy atom. The Balaban J connectivity index is 1.73. The Bertz CT molecular complexity index is 762. The molecule has 2 rings (SSSR count). The lowest BCUT2D eigenvalue weighted by Crippen LogP contribution is -2.45. The van der Waals surface area contributed by atoms with Gasteiger partial charge in [0.2, 0.25) is 15.9 Å². The number of morpholine rings is 1. The van der Waals surface area contributed by atoms with Gasteiger partial charge in [0.1, 0.15) is 0 Å². The molecule has 2 atom stereocenters. The minimum absolute atomic E-state index is 0.0648. The van der Waals surface area contributed by atoms with Gasteiger partial charge < -0.3 is 15.0 Å². The van der Waals surface area contributed by atoms with Crippen molar-refractivity contribution in [2.75, 3.05) is 29.9 Å². The number of carbonyl (C=O) groups excluding carboxylic acids is 1. The number of carbonyl (C=O) groups is 1. The topological polar surface area (TPSA) is 87.7 Å². The van der Waals surface area contributed by atoms with Crippen molar-refractivity contribution in [1.82, 2.24) is 4.72 Å². The summed E-state index contributed by atoms with van der Waals surface area (Å²) < 4.78 is 31.5. The van der Waals surface area contributed by atoms with Crippen LogP contribution in [-0.2, 0) is 19.6 Å². The van der Waals surface area contributed by atoms with Crippen LogP contribution in [0.4, 0.5) is 11.4 Å². The smallest absolute Gasteiger partial charge is 0.224 e. The summed E-state index contributed by atoms with van der Waals surface area (Å²) in [5.41, 5.74) is 1.89. The standard InChI is InChI=1S/C21H35N3O4S/c1-16-14-24(15-17(2)28-16)19-11-9-18(10-12-19)23-20(25)8-6-7-13-22-29(26,27)21(3,4)5/h9-12,16-17,22H,6-8,13-15H2,1-5H3,(H,23,25)/t16-,17+. The number of unbranched alkanes of at least 4 members (excludes halogenated alkanes) is 1. The molecule has 0 saturated carbocycles. The minimum atomic E-state index is -3.33. The first-order valence-electron chi connectivity index (χ1n) is 10.3. The van der Waals surface area contributed by atoms with E-state index in [-0.39, 0.29) is 18.1 Å². The van der Waals surface area contributed by atoms with E-state index >= 15 is 0 Å². The zero-order valence-corrected chi connectivity index (χ0v) is 19.0. The second-order valence-electron chi connectivity index (χ2n) is 8.72. The molecule has 8 heteroatoms. The maximum Gasteiger partial charge on any atom is 0.224 e.